The van der Waals surface area contributed by atoms with Gasteiger partial charge in [0.2, 0.25) is 0 Å². The predicted molar refractivity (Wildman–Crippen MR) is 66.4 cm³/mol. The first-order valence-corrected chi connectivity index (χ1v) is 6.51. The molecule has 94 valence electrons. The minimum atomic E-state index is 0.0255. The van der Waals surface area contributed by atoms with Gasteiger partial charge in [-0.05, 0) is 38.0 Å². The first kappa shape index (κ1) is 13.7. The van der Waals surface area contributed by atoms with Gasteiger partial charge in [0, 0.05) is 25.0 Å². The zero-order chi connectivity index (χ0) is 12.4. The average Bonchev–Trinajstić information content (AvgIpc) is 2.53. The van der Waals surface area contributed by atoms with E-state index in [0.717, 1.165) is 26.1 Å². The molecule has 2 atom stereocenters. The summed E-state index contributed by atoms with van der Waals surface area (Å²) < 4.78 is 4.83. The summed E-state index contributed by atoms with van der Waals surface area (Å²) >= 11 is 0. The van der Waals surface area contributed by atoms with Crippen LogP contribution < -0.4 is 0 Å². The molecule has 0 radical (unpaired) electrons. The largest absolute Gasteiger partial charge is 0.382 e. The van der Waals surface area contributed by atoms with Crippen molar-refractivity contribution in [3.8, 4) is 0 Å². The Morgan fingerprint density at radius 3 is 1.94 bits per heavy atom. The van der Waals surface area contributed by atoms with E-state index in [9.17, 15) is 4.79 Å². The van der Waals surface area contributed by atoms with Crippen molar-refractivity contribution in [2.45, 2.75) is 53.9 Å². The van der Waals surface area contributed by atoms with Crippen LogP contribution in [-0.2, 0) is 9.53 Å². The van der Waals surface area contributed by atoms with Crippen LogP contribution in [0, 0.1) is 16.7 Å². The molecule has 2 rings (SSSR count). The Hall–Kier alpha value is -0.370. The third-order valence-electron chi connectivity index (χ3n) is 4.89. The number of fused-ring (bicyclic) bond motifs is 2. The molecule has 0 aromatic heterocycles. The van der Waals surface area contributed by atoms with Crippen molar-refractivity contribution in [2.24, 2.45) is 16.7 Å². The highest BCUT2D eigenvalue weighted by Gasteiger charge is 2.61. The van der Waals surface area contributed by atoms with Crippen molar-refractivity contribution in [1.29, 1.82) is 0 Å². The number of Topliss-reactive ketones (excluding diaryl/α,β-unsaturated/α-hetero) is 1. The number of carbonyl (C=O) groups is 1. The van der Waals surface area contributed by atoms with Crippen LogP contribution >= 0.6 is 0 Å². The predicted octanol–water partition coefficient (Wildman–Crippen LogP) is 3.44. The topological polar surface area (TPSA) is 26.3 Å². The number of hydrogen-bond acceptors (Lipinski definition) is 2. The maximum Gasteiger partial charge on any atom is 0.139 e. The second-order valence-corrected chi connectivity index (χ2v) is 5.70. The molecule has 0 aromatic rings. The van der Waals surface area contributed by atoms with Gasteiger partial charge in [-0.2, -0.15) is 0 Å². The Kier molecular flexibility index (Phi) is 4.17. The van der Waals surface area contributed by atoms with Crippen LogP contribution in [0.4, 0.5) is 0 Å². The van der Waals surface area contributed by atoms with E-state index in [1.165, 1.54) is 6.42 Å². The summed E-state index contributed by atoms with van der Waals surface area (Å²) in [6, 6.07) is 0. The molecule has 0 spiro atoms. The van der Waals surface area contributed by atoms with E-state index in [4.69, 9.17) is 4.74 Å². The lowest BCUT2D eigenvalue weighted by molar-refractivity contribution is -0.128. The van der Waals surface area contributed by atoms with Gasteiger partial charge >= 0.3 is 0 Å². The van der Waals surface area contributed by atoms with Gasteiger partial charge in [-0.1, -0.05) is 20.8 Å². The van der Waals surface area contributed by atoms with E-state index in [2.05, 4.69) is 20.8 Å². The summed E-state index contributed by atoms with van der Waals surface area (Å²) in [5, 5.41) is 0. The maximum absolute atomic E-state index is 11.6. The summed E-state index contributed by atoms with van der Waals surface area (Å²) in [4.78, 5) is 11.6. The molecule has 0 saturated heterocycles. The van der Waals surface area contributed by atoms with Crippen LogP contribution in [0.2, 0.25) is 0 Å². The van der Waals surface area contributed by atoms with Gasteiger partial charge in [-0.3, -0.25) is 4.79 Å². The van der Waals surface area contributed by atoms with Gasteiger partial charge in [0.25, 0.3) is 0 Å². The minimum Gasteiger partial charge on any atom is -0.382 e. The monoisotopic (exact) mass is 226 g/mol. The Labute approximate surface area is 99.8 Å². The van der Waals surface area contributed by atoms with Gasteiger partial charge in [-0.25, -0.2) is 0 Å². The van der Waals surface area contributed by atoms with Gasteiger partial charge in [-0.15, -0.1) is 0 Å². The van der Waals surface area contributed by atoms with Crippen molar-refractivity contribution in [1.82, 2.24) is 0 Å². The lowest BCUT2D eigenvalue weighted by Gasteiger charge is -2.32. The number of rotatable bonds is 2. The molecule has 2 bridgehead atoms. The Morgan fingerprint density at radius 1 is 1.25 bits per heavy atom. The summed E-state index contributed by atoms with van der Waals surface area (Å²) in [5.41, 5.74) is 0.307. The number of hydrogen-bond donors (Lipinski definition) is 0. The fourth-order valence-corrected chi connectivity index (χ4v) is 3.11. The molecule has 2 unspecified atom stereocenters. The van der Waals surface area contributed by atoms with Gasteiger partial charge < -0.3 is 4.74 Å². The van der Waals surface area contributed by atoms with Crippen molar-refractivity contribution >= 4 is 5.78 Å². The second-order valence-electron chi connectivity index (χ2n) is 5.70. The van der Waals surface area contributed by atoms with Crippen molar-refractivity contribution < 1.29 is 9.53 Å². The highest BCUT2D eigenvalue weighted by atomic mass is 16.5. The molecule has 0 N–H and O–H groups in total. The lowest BCUT2D eigenvalue weighted by Crippen LogP contribution is -2.32. The van der Waals surface area contributed by atoms with Crippen LogP contribution in [0.15, 0.2) is 0 Å². The first-order chi connectivity index (χ1) is 7.40. The minimum absolute atomic E-state index is 0.0255. The van der Waals surface area contributed by atoms with Crippen molar-refractivity contribution in [2.75, 3.05) is 13.2 Å². The summed E-state index contributed by atoms with van der Waals surface area (Å²) in [7, 11) is 0. The van der Waals surface area contributed by atoms with E-state index in [0.29, 0.717) is 11.7 Å². The third kappa shape index (κ3) is 2.04. The maximum atomic E-state index is 11.6. The second kappa shape index (κ2) is 4.87. The van der Waals surface area contributed by atoms with Gasteiger partial charge in [0.1, 0.15) is 5.78 Å². The molecule has 0 aromatic carbocycles. The normalized spacial score (nSPS) is 34.8. The Bertz CT molecular complexity index is 255. The van der Waals surface area contributed by atoms with Crippen molar-refractivity contribution in [3.63, 3.8) is 0 Å². The molecule has 2 saturated carbocycles. The molecular formula is C14H26O2. The molecule has 16 heavy (non-hydrogen) atoms. The molecule has 2 nitrogen and oxygen atoms in total. The van der Waals surface area contributed by atoms with Crippen LogP contribution in [0.5, 0.6) is 0 Å². The van der Waals surface area contributed by atoms with Crippen molar-refractivity contribution in [3.05, 3.63) is 0 Å². The van der Waals surface area contributed by atoms with E-state index < -0.39 is 0 Å². The molecule has 2 heteroatoms. The van der Waals surface area contributed by atoms with Crippen LogP contribution in [0.25, 0.3) is 0 Å². The SMILES string of the molecule is CC12CCC(CC1=O)C2(C)C.CCOCC. The van der Waals surface area contributed by atoms with Crippen LogP contribution in [-0.4, -0.2) is 19.0 Å². The molecule has 0 heterocycles. The quantitative estimate of drug-likeness (QED) is 0.721. The van der Waals surface area contributed by atoms with E-state index in [-0.39, 0.29) is 10.8 Å². The highest BCUT2D eigenvalue weighted by Crippen LogP contribution is 2.63. The van der Waals surface area contributed by atoms with E-state index in [1.807, 2.05) is 13.8 Å². The van der Waals surface area contributed by atoms with Crippen LogP contribution in [0.1, 0.15) is 53.9 Å². The summed E-state index contributed by atoms with van der Waals surface area (Å²) in [5.74, 6) is 1.19. The number of ketones is 1. The smallest absolute Gasteiger partial charge is 0.139 e. The standard InChI is InChI=1S/C10H16O.C4H10O/c1-9(2)7-4-5-10(9,3)8(11)6-7;1-3-5-4-2/h7H,4-6H2,1-3H3;3-4H2,1-2H3. The van der Waals surface area contributed by atoms with E-state index >= 15 is 0 Å². The Balaban J connectivity index is 0.000000221. The zero-order valence-electron chi connectivity index (χ0n) is 11.4. The fourth-order valence-electron chi connectivity index (χ4n) is 3.11. The van der Waals surface area contributed by atoms with E-state index in [1.54, 1.807) is 0 Å². The molecule has 0 aliphatic heterocycles. The first-order valence-electron chi connectivity index (χ1n) is 6.51. The highest BCUT2D eigenvalue weighted by molar-refractivity contribution is 5.89. The third-order valence-corrected chi connectivity index (χ3v) is 4.89. The van der Waals surface area contributed by atoms with Gasteiger partial charge in [0.15, 0.2) is 0 Å². The Morgan fingerprint density at radius 2 is 1.81 bits per heavy atom. The fraction of sp³-hybridized carbons (Fsp3) is 0.929. The molecule has 2 aliphatic carbocycles. The number of ether oxygens (including phenoxy) is 1. The lowest BCUT2D eigenvalue weighted by atomic mass is 9.70. The molecule has 2 fully saturated rings. The summed E-state index contributed by atoms with van der Waals surface area (Å²) in [6.45, 7) is 12.3. The molecule has 0 amide bonds. The molecular weight excluding hydrogens is 200 g/mol. The molecule has 2 aliphatic rings. The van der Waals surface area contributed by atoms with Crippen LogP contribution in [0.3, 0.4) is 0 Å². The number of carbonyl (C=O) groups excluding carboxylic acids is 1. The average molecular weight is 226 g/mol. The zero-order valence-corrected chi connectivity index (χ0v) is 11.4. The summed E-state index contributed by atoms with van der Waals surface area (Å²) in [6.07, 6.45) is 3.25. The van der Waals surface area contributed by atoms with Gasteiger partial charge in [0.05, 0.1) is 0 Å².